The first-order chi connectivity index (χ1) is 10.1. The number of carbonyl (C=O) groups excluding carboxylic acids is 1. The van der Waals surface area contributed by atoms with Crippen LogP contribution in [0, 0.1) is 11.3 Å². The maximum atomic E-state index is 12.1. The Balaban J connectivity index is 2.80. The van der Waals surface area contributed by atoms with Crippen LogP contribution in [0.3, 0.4) is 0 Å². The summed E-state index contributed by atoms with van der Waals surface area (Å²) in [5, 5.41) is 11.9. The molecule has 1 amide bonds. The van der Waals surface area contributed by atoms with Crippen molar-refractivity contribution in [3.63, 3.8) is 0 Å². The van der Waals surface area contributed by atoms with Gasteiger partial charge in [-0.1, -0.05) is 13.8 Å². The van der Waals surface area contributed by atoms with E-state index in [0.29, 0.717) is 11.4 Å². The van der Waals surface area contributed by atoms with Gasteiger partial charge in [-0.25, -0.2) is 0 Å². The van der Waals surface area contributed by atoms with Gasteiger partial charge in [-0.15, -0.1) is 0 Å². The molecule has 21 heavy (non-hydrogen) atoms. The fourth-order valence-corrected chi connectivity index (χ4v) is 1.90. The number of benzene rings is 1. The van der Waals surface area contributed by atoms with Crippen LogP contribution in [-0.4, -0.2) is 23.9 Å². The average molecular weight is 286 g/mol. The van der Waals surface area contributed by atoms with Gasteiger partial charge in [0, 0.05) is 30.7 Å². The molecule has 1 aromatic rings. The number of nitrogen functional groups attached to an aromatic ring is 1. The van der Waals surface area contributed by atoms with Crippen molar-refractivity contribution in [2.45, 2.75) is 26.7 Å². The van der Waals surface area contributed by atoms with Gasteiger partial charge >= 0.3 is 0 Å². The fraction of sp³-hybridized carbons (Fsp3) is 0.375. The fourth-order valence-electron chi connectivity index (χ4n) is 1.90. The highest BCUT2D eigenvalue weighted by Gasteiger charge is 2.11. The lowest BCUT2D eigenvalue weighted by atomic mass is 10.2. The van der Waals surface area contributed by atoms with E-state index in [2.05, 4.69) is 19.2 Å². The molecular formula is C16H22N4O. The second-order valence-corrected chi connectivity index (χ2v) is 4.77. The molecule has 1 rings (SSSR count). The second kappa shape index (κ2) is 8.64. The van der Waals surface area contributed by atoms with Crippen molar-refractivity contribution in [3.05, 3.63) is 36.0 Å². The zero-order chi connectivity index (χ0) is 15.7. The third-order valence-corrected chi connectivity index (χ3v) is 2.87. The minimum absolute atomic E-state index is 0.105. The Morgan fingerprint density at radius 1 is 1.29 bits per heavy atom. The van der Waals surface area contributed by atoms with Crippen LogP contribution in [0.25, 0.3) is 0 Å². The molecule has 5 heteroatoms. The molecule has 0 saturated heterocycles. The van der Waals surface area contributed by atoms with E-state index in [9.17, 15) is 10.1 Å². The van der Waals surface area contributed by atoms with E-state index in [-0.39, 0.29) is 5.57 Å². The average Bonchev–Trinajstić information content (AvgIpc) is 2.47. The number of nitrogens with zero attached hydrogens (tertiary/aromatic N) is 2. The maximum absolute atomic E-state index is 12.1. The lowest BCUT2D eigenvalue weighted by Gasteiger charge is -2.19. The van der Waals surface area contributed by atoms with Gasteiger partial charge in [0.2, 0.25) is 0 Å². The number of rotatable bonds is 7. The normalized spacial score (nSPS) is 10.8. The van der Waals surface area contributed by atoms with Crippen LogP contribution < -0.4 is 11.1 Å². The molecule has 0 spiro atoms. The third kappa shape index (κ3) is 5.57. The largest absolute Gasteiger partial charge is 0.399 e. The quantitative estimate of drug-likeness (QED) is 0.459. The van der Waals surface area contributed by atoms with Gasteiger partial charge in [0.05, 0.1) is 0 Å². The second-order valence-electron chi connectivity index (χ2n) is 4.77. The van der Waals surface area contributed by atoms with Crippen LogP contribution in [0.2, 0.25) is 0 Å². The Morgan fingerprint density at radius 3 is 2.33 bits per heavy atom. The van der Waals surface area contributed by atoms with Crippen molar-refractivity contribution in [2.24, 2.45) is 0 Å². The summed E-state index contributed by atoms with van der Waals surface area (Å²) in [6, 6.07) is 8.78. The zero-order valence-electron chi connectivity index (χ0n) is 12.6. The first-order valence-corrected chi connectivity index (χ1v) is 7.13. The molecule has 5 nitrogen and oxygen atoms in total. The summed E-state index contributed by atoms with van der Waals surface area (Å²) >= 11 is 0. The van der Waals surface area contributed by atoms with Crippen LogP contribution in [0.15, 0.2) is 36.0 Å². The number of amides is 1. The molecule has 0 unspecified atom stereocenters. The van der Waals surface area contributed by atoms with Gasteiger partial charge in [0.1, 0.15) is 11.6 Å². The third-order valence-electron chi connectivity index (χ3n) is 2.87. The zero-order valence-corrected chi connectivity index (χ0v) is 12.6. The molecule has 3 N–H and O–H groups in total. The van der Waals surface area contributed by atoms with Gasteiger partial charge in [0.15, 0.2) is 0 Å². The SMILES string of the molecule is CCCN(/C=C(/C#N)C(=O)Nc1ccc(N)cc1)CCC. The molecular weight excluding hydrogens is 264 g/mol. The van der Waals surface area contributed by atoms with Gasteiger partial charge in [-0.05, 0) is 37.1 Å². The Morgan fingerprint density at radius 2 is 1.86 bits per heavy atom. The van der Waals surface area contributed by atoms with Gasteiger partial charge < -0.3 is 16.0 Å². The lowest BCUT2D eigenvalue weighted by Crippen LogP contribution is -2.22. The van der Waals surface area contributed by atoms with Crippen molar-refractivity contribution < 1.29 is 4.79 Å². The summed E-state index contributed by atoms with van der Waals surface area (Å²) < 4.78 is 0. The highest BCUT2D eigenvalue weighted by atomic mass is 16.1. The number of hydrogen-bond donors (Lipinski definition) is 2. The Bertz CT molecular complexity index is 522. The van der Waals surface area contributed by atoms with E-state index in [1.165, 1.54) is 0 Å². The monoisotopic (exact) mass is 286 g/mol. The minimum Gasteiger partial charge on any atom is -0.399 e. The molecule has 0 fully saturated rings. The van der Waals surface area contributed by atoms with E-state index in [4.69, 9.17) is 5.73 Å². The molecule has 112 valence electrons. The molecule has 0 aliphatic rings. The van der Waals surface area contributed by atoms with Crippen molar-refractivity contribution >= 4 is 17.3 Å². The predicted octanol–water partition coefficient (Wildman–Crippen LogP) is 2.74. The predicted molar refractivity (Wildman–Crippen MR) is 85.3 cm³/mol. The maximum Gasteiger partial charge on any atom is 0.267 e. The van der Waals surface area contributed by atoms with E-state index < -0.39 is 5.91 Å². The number of nitrogens with one attached hydrogen (secondary N) is 1. The highest BCUT2D eigenvalue weighted by molar-refractivity contribution is 6.06. The number of carbonyl (C=O) groups is 1. The summed E-state index contributed by atoms with van der Waals surface area (Å²) in [4.78, 5) is 14.1. The molecule has 0 aliphatic heterocycles. The number of nitrogens with two attached hydrogens (primary N) is 1. The number of hydrogen-bond acceptors (Lipinski definition) is 4. The molecule has 0 aromatic heterocycles. The first kappa shape index (κ1) is 16.6. The number of nitriles is 1. The molecule has 0 atom stereocenters. The molecule has 1 aromatic carbocycles. The smallest absolute Gasteiger partial charge is 0.267 e. The minimum atomic E-state index is -0.403. The summed E-state index contributed by atoms with van der Waals surface area (Å²) in [5.41, 5.74) is 6.94. The van der Waals surface area contributed by atoms with E-state index in [1.54, 1.807) is 30.5 Å². The molecule has 0 heterocycles. The van der Waals surface area contributed by atoms with Gasteiger partial charge in [0.25, 0.3) is 5.91 Å². The highest BCUT2D eigenvalue weighted by Crippen LogP contribution is 2.12. The molecule has 0 aliphatic carbocycles. The molecule has 0 saturated carbocycles. The van der Waals surface area contributed by atoms with Crippen molar-refractivity contribution in [1.82, 2.24) is 4.90 Å². The van der Waals surface area contributed by atoms with E-state index in [0.717, 1.165) is 25.9 Å². The Hall–Kier alpha value is -2.48. The Kier molecular flexibility index (Phi) is 6.82. The van der Waals surface area contributed by atoms with E-state index >= 15 is 0 Å². The van der Waals surface area contributed by atoms with Crippen LogP contribution in [0.4, 0.5) is 11.4 Å². The molecule has 0 radical (unpaired) electrons. The summed E-state index contributed by atoms with van der Waals surface area (Å²) in [6.45, 7) is 5.79. The summed E-state index contributed by atoms with van der Waals surface area (Å²) in [7, 11) is 0. The Labute approximate surface area is 126 Å². The van der Waals surface area contributed by atoms with E-state index in [1.807, 2.05) is 11.0 Å². The van der Waals surface area contributed by atoms with Gasteiger partial charge in [-0.3, -0.25) is 4.79 Å². The van der Waals surface area contributed by atoms with Gasteiger partial charge in [-0.2, -0.15) is 5.26 Å². The summed E-state index contributed by atoms with van der Waals surface area (Å²) in [5.74, 6) is -0.403. The van der Waals surface area contributed by atoms with Crippen LogP contribution in [0.1, 0.15) is 26.7 Å². The summed E-state index contributed by atoms with van der Waals surface area (Å²) in [6.07, 6.45) is 3.57. The molecule has 0 bridgehead atoms. The van der Waals surface area contributed by atoms with Crippen LogP contribution >= 0.6 is 0 Å². The van der Waals surface area contributed by atoms with Crippen molar-refractivity contribution in [3.8, 4) is 6.07 Å². The van der Waals surface area contributed by atoms with Crippen LogP contribution in [0.5, 0.6) is 0 Å². The first-order valence-electron chi connectivity index (χ1n) is 7.13. The number of anilines is 2. The lowest BCUT2D eigenvalue weighted by molar-refractivity contribution is -0.112. The van der Waals surface area contributed by atoms with Crippen molar-refractivity contribution in [2.75, 3.05) is 24.1 Å². The van der Waals surface area contributed by atoms with Crippen molar-refractivity contribution in [1.29, 1.82) is 5.26 Å². The topological polar surface area (TPSA) is 82.2 Å². The van der Waals surface area contributed by atoms with Crippen LogP contribution in [-0.2, 0) is 4.79 Å². The standard InChI is InChI=1S/C16H22N4O/c1-3-9-20(10-4-2)12-13(11-17)16(21)19-15-7-5-14(18)6-8-15/h5-8,12H,3-4,9-10,18H2,1-2H3,(H,19,21)/b13-12-.